The van der Waals surface area contributed by atoms with Crippen LogP contribution in [-0.4, -0.2) is 21.8 Å². The Morgan fingerprint density at radius 1 is 0.234 bits per heavy atom. The smallest absolute Gasteiger partial charge is 0.179 e. The zero-order chi connectivity index (χ0) is 42.2. The standard InChI is InChI=1S/C60H41N3Si/c1-5-20-42(21-6-1)62-57-38-36-43(61-54-32-16-13-28-48(54)49-29-14-17-33-55(49)61)40-52(57)51-31-19-35-59(60(51)62)63-56-34-18-15-30-50(56)53-41-47(37-39-58(53)63)64(44-22-7-2-8-23-44,45-24-9-3-10-25-45)46-26-11-4-12-27-46/h1-41H. The van der Waals surface area contributed by atoms with Crippen LogP contribution in [-0.2, 0) is 0 Å². The van der Waals surface area contributed by atoms with Crippen LogP contribution in [0.3, 0.4) is 0 Å². The highest BCUT2D eigenvalue weighted by Gasteiger charge is 2.41. The van der Waals surface area contributed by atoms with Crippen molar-refractivity contribution >= 4 is 94.2 Å². The Hall–Kier alpha value is -8.18. The minimum absolute atomic E-state index is 1.13. The number of fused-ring (bicyclic) bond motifs is 9. The predicted molar refractivity (Wildman–Crippen MR) is 273 cm³/mol. The maximum absolute atomic E-state index is 2.77. The highest BCUT2D eigenvalue weighted by atomic mass is 28.3. The molecule has 3 heterocycles. The number of nitrogens with zero attached hydrogens (tertiary/aromatic N) is 3. The first-order chi connectivity index (χ1) is 31.8. The van der Waals surface area contributed by atoms with E-state index in [0.29, 0.717) is 0 Å². The second-order valence-electron chi connectivity index (χ2n) is 16.8. The van der Waals surface area contributed by atoms with Crippen molar-refractivity contribution in [1.29, 1.82) is 0 Å². The molecule has 13 rings (SSSR count). The molecule has 0 fully saturated rings. The Bertz CT molecular complexity index is 3730. The first-order valence-corrected chi connectivity index (χ1v) is 24.1. The molecule has 0 saturated heterocycles. The van der Waals surface area contributed by atoms with Crippen LogP contribution in [0, 0.1) is 0 Å². The molecule has 3 nitrogen and oxygen atoms in total. The van der Waals surface area contributed by atoms with E-state index in [1.165, 1.54) is 86.2 Å². The second-order valence-corrected chi connectivity index (χ2v) is 20.7. The molecule has 4 heteroatoms. The van der Waals surface area contributed by atoms with Gasteiger partial charge in [-0.15, -0.1) is 0 Å². The van der Waals surface area contributed by atoms with E-state index in [0.717, 1.165) is 17.1 Å². The third kappa shape index (κ3) is 5.27. The summed E-state index contributed by atoms with van der Waals surface area (Å²) in [6.45, 7) is 0. The molecule has 0 aliphatic carbocycles. The first-order valence-electron chi connectivity index (χ1n) is 22.1. The van der Waals surface area contributed by atoms with Crippen LogP contribution in [0.1, 0.15) is 0 Å². The fourth-order valence-electron chi connectivity index (χ4n) is 10.9. The largest absolute Gasteiger partial charge is 0.309 e. The molecule has 0 bridgehead atoms. The predicted octanol–water partition coefficient (Wildman–Crippen LogP) is 12.4. The van der Waals surface area contributed by atoms with Crippen LogP contribution >= 0.6 is 0 Å². The highest BCUT2D eigenvalue weighted by Crippen LogP contribution is 2.41. The lowest BCUT2D eigenvalue weighted by Crippen LogP contribution is -2.74. The van der Waals surface area contributed by atoms with E-state index in [9.17, 15) is 0 Å². The van der Waals surface area contributed by atoms with Crippen molar-refractivity contribution in [2.75, 3.05) is 0 Å². The van der Waals surface area contributed by atoms with Crippen LogP contribution in [0.25, 0.3) is 82.5 Å². The molecule has 0 N–H and O–H groups in total. The van der Waals surface area contributed by atoms with Crippen LogP contribution in [0.4, 0.5) is 0 Å². The summed E-state index contributed by atoms with van der Waals surface area (Å²) in [4.78, 5) is 0. The van der Waals surface area contributed by atoms with Gasteiger partial charge >= 0.3 is 0 Å². The average molecular weight is 832 g/mol. The van der Waals surface area contributed by atoms with Crippen molar-refractivity contribution in [3.63, 3.8) is 0 Å². The normalized spacial score (nSPS) is 12.1. The third-order valence-electron chi connectivity index (χ3n) is 13.6. The summed E-state index contributed by atoms with van der Waals surface area (Å²) >= 11 is 0. The molecule has 300 valence electrons. The lowest BCUT2D eigenvalue weighted by molar-refractivity contribution is 1.13. The number of aromatic nitrogens is 3. The summed E-state index contributed by atoms with van der Waals surface area (Å²) in [6, 6.07) is 92.3. The van der Waals surface area contributed by atoms with Gasteiger partial charge in [0.1, 0.15) is 0 Å². The van der Waals surface area contributed by atoms with E-state index < -0.39 is 8.07 Å². The zero-order valence-corrected chi connectivity index (χ0v) is 36.0. The third-order valence-corrected chi connectivity index (χ3v) is 18.3. The summed E-state index contributed by atoms with van der Waals surface area (Å²) in [5.74, 6) is 0. The summed E-state index contributed by atoms with van der Waals surface area (Å²) in [5.41, 5.74) is 10.6. The molecule has 13 aromatic rings. The molecular formula is C60H41N3Si. The van der Waals surface area contributed by atoms with Crippen LogP contribution in [0.15, 0.2) is 249 Å². The van der Waals surface area contributed by atoms with E-state index in [1.807, 2.05) is 0 Å². The summed E-state index contributed by atoms with van der Waals surface area (Å²) in [6.07, 6.45) is 0. The highest BCUT2D eigenvalue weighted by molar-refractivity contribution is 7.20. The molecule has 0 atom stereocenters. The fourth-order valence-corrected chi connectivity index (χ4v) is 15.7. The van der Waals surface area contributed by atoms with Crippen molar-refractivity contribution in [3.8, 4) is 17.1 Å². The van der Waals surface area contributed by atoms with Crippen molar-refractivity contribution in [2.24, 2.45) is 0 Å². The van der Waals surface area contributed by atoms with Gasteiger partial charge in [0.05, 0.1) is 38.8 Å². The topological polar surface area (TPSA) is 14.8 Å². The van der Waals surface area contributed by atoms with Crippen LogP contribution in [0.2, 0.25) is 0 Å². The second kappa shape index (κ2) is 14.5. The summed E-state index contributed by atoms with van der Waals surface area (Å²) in [5, 5.41) is 12.9. The Labute approximate surface area is 372 Å². The van der Waals surface area contributed by atoms with Crippen molar-refractivity contribution in [2.45, 2.75) is 0 Å². The number of hydrogen-bond donors (Lipinski definition) is 0. The molecule has 0 aliphatic rings. The van der Waals surface area contributed by atoms with Gasteiger partial charge in [0, 0.05) is 43.7 Å². The Kier molecular flexibility index (Phi) is 8.23. The van der Waals surface area contributed by atoms with Gasteiger partial charge in [-0.05, 0) is 81.4 Å². The number of hydrogen-bond acceptors (Lipinski definition) is 0. The van der Waals surface area contributed by atoms with E-state index in [4.69, 9.17) is 0 Å². The quantitative estimate of drug-likeness (QED) is 0.112. The lowest BCUT2D eigenvalue weighted by atomic mass is 10.1. The van der Waals surface area contributed by atoms with Gasteiger partial charge < -0.3 is 13.7 Å². The maximum Gasteiger partial charge on any atom is 0.179 e. The number of benzene rings is 10. The van der Waals surface area contributed by atoms with Gasteiger partial charge in [-0.2, -0.15) is 0 Å². The molecule has 0 unspecified atom stereocenters. The number of rotatable bonds is 7. The van der Waals surface area contributed by atoms with E-state index in [-0.39, 0.29) is 0 Å². The fraction of sp³-hybridized carbons (Fsp3) is 0. The van der Waals surface area contributed by atoms with Gasteiger partial charge in [0.15, 0.2) is 8.07 Å². The molecule has 10 aromatic carbocycles. The van der Waals surface area contributed by atoms with Crippen molar-refractivity contribution < 1.29 is 0 Å². The van der Waals surface area contributed by atoms with Gasteiger partial charge in [-0.1, -0.05) is 188 Å². The Morgan fingerprint density at radius 3 is 1.23 bits per heavy atom. The molecule has 0 radical (unpaired) electrons. The van der Waals surface area contributed by atoms with E-state index in [1.54, 1.807) is 0 Å². The zero-order valence-electron chi connectivity index (χ0n) is 35.0. The molecule has 0 spiro atoms. The molecule has 64 heavy (non-hydrogen) atoms. The van der Waals surface area contributed by atoms with Gasteiger partial charge in [-0.3, -0.25) is 0 Å². The monoisotopic (exact) mass is 831 g/mol. The average Bonchev–Trinajstić information content (AvgIpc) is 4.01. The van der Waals surface area contributed by atoms with Gasteiger partial charge in [0.25, 0.3) is 0 Å². The van der Waals surface area contributed by atoms with Crippen molar-refractivity contribution in [3.05, 3.63) is 249 Å². The minimum atomic E-state index is -2.77. The summed E-state index contributed by atoms with van der Waals surface area (Å²) < 4.78 is 7.41. The maximum atomic E-state index is 2.53. The van der Waals surface area contributed by atoms with Gasteiger partial charge in [0.2, 0.25) is 0 Å². The summed E-state index contributed by atoms with van der Waals surface area (Å²) in [7, 11) is -2.77. The van der Waals surface area contributed by atoms with E-state index >= 15 is 0 Å². The minimum Gasteiger partial charge on any atom is -0.309 e. The van der Waals surface area contributed by atoms with E-state index in [2.05, 4.69) is 262 Å². The Morgan fingerprint density at radius 2 is 0.656 bits per heavy atom. The van der Waals surface area contributed by atoms with Gasteiger partial charge in [-0.25, -0.2) is 0 Å². The molecule has 0 amide bonds. The molecule has 3 aromatic heterocycles. The first kappa shape index (κ1) is 36.5. The number of para-hydroxylation sites is 5. The van der Waals surface area contributed by atoms with Crippen LogP contribution < -0.4 is 20.7 Å². The molecule has 0 saturated carbocycles. The lowest BCUT2D eigenvalue weighted by Gasteiger charge is -2.34. The van der Waals surface area contributed by atoms with Crippen molar-refractivity contribution in [1.82, 2.24) is 13.7 Å². The molecular weight excluding hydrogens is 791 g/mol. The molecule has 0 aliphatic heterocycles. The Balaban J connectivity index is 1.10. The SMILES string of the molecule is c1ccc(-n2c3ccc(-n4c5ccccc5c5ccccc54)cc3c3cccc(-n4c5ccccc5c5cc([Si](c6ccccc6)(c6ccccc6)c6ccccc6)ccc54)c32)cc1. The van der Waals surface area contributed by atoms with Crippen LogP contribution in [0.5, 0.6) is 0 Å².